The van der Waals surface area contributed by atoms with E-state index in [1.165, 1.54) is 31.7 Å². The van der Waals surface area contributed by atoms with E-state index in [4.69, 9.17) is 0 Å². The molecule has 19 heavy (non-hydrogen) atoms. The summed E-state index contributed by atoms with van der Waals surface area (Å²) in [4.78, 5) is 13.9. The van der Waals surface area contributed by atoms with Gasteiger partial charge in [-0.2, -0.15) is 0 Å². The average molecular weight is 267 g/mol. The van der Waals surface area contributed by atoms with Crippen LogP contribution in [0, 0.1) is 17.6 Å². The van der Waals surface area contributed by atoms with Crippen molar-refractivity contribution >= 4 is 5.78 Å². The van der Waals surface area contributed by atoms with Crippen LogP contribution in [0.5, 0.6) is 0 Å². The molecule has 0 amide bonds. The third kappa shape index (κ3) is 3.83. The zero-order chi connectivity index (χ0) is 13.8. The number of nitrogens with zero attached hydrogens (tertiary/aromatic N) is 1. The van der Waals surface area contributed by atoms with Gasteiger partial charge in [0.15, 0.2) is 5.78 Å². The molecule has 0 N–H and O–H groups in total. The van der Waals surface area contributed by atoms with E-state index >= 15 is 0 Å². The van der Waals surface area contributed by atoms with Gasteiger partial charge in [-0.05, 0) is 37.9 Å². The van der Waals surface area contributed by atoms with Gasteiger partial charge in [0.1, 0.15) is 11.6 Å². The van der Waals surface area contributed by atoms with E-state index in [0.29, 0.717) is 5.92 Å². The van der Waals surface area contributed by atoms with Crippen molar-refractivity contribution in [3.05, 3.63) is 35.4 Å². The molecular weight excluding hydrogens is 248 g/mol. The van der Waals surface area contributed by atoms with Crippen LogP contribution in [0.2, 0.25) is 0 Å². The van der Waals surface area contributed by atoms with E-state index in [1.807, 2.05) is 11.9 Å². The van der Waals surface area contributed by atoms with Gasteiger partial charge in [0.2, 0.25) is 0 Å². The molecule has 0 aromatic heterocycles. The quantitative estimate of drug-likeness (QED) is 0.763. The molecule has 1 aromatic rings. The van der Waals surface area contributed by atoms with Crippen LogP contribution < -0.4 is 0 Å². The SMILES string of the molecule is CN(CC(=O)c1ccc(F)cc1F)CC1CCCC1. The summed E-state index contributed by atoms with van der Waals surface area (Å²) in [6.07, 6.45) is 4.95. The summed E-state index contributed by atoms with van der Waals surface area (Å²) < 4.78 is 26.3. The molecule has 0 spiro atoms. The van der Waals surface area contributed by atoms with Gasteiger partial charge in [0, 0.05) is 12.6 Å². The fourth-order valence-electron chi connectivity index (χ4n) is 2.74. The van der Waals surface area contributed by atoms with E-state index in [0.717, 1.165) is 18.7 Å². The number of carbonyl (C=O) groups excluding carboxylic acids is 1. The normalized spacial score (nSPS) is 16.2. The number of hydrogen-bond acceptors (Lipinski definition) is 2. The first-order valence-corrected chi connectivity index (χ1v) is 6.73. The van der Waals surface area contributed by atoms with Gasteiger partial charge in [-0.1, -0.05) is 12.8 Å². The van der Waals surface area contributed by atoms with E-state index in [1.54, 1.807) is 0 Å². The van der Waals surface area contributed by atoms with Crippen LogP contribution in [0.25, 0.3) is 0 Å². The predicted octanol–water partition coefficient (Wildman–Crippen LogP) is 3.27. The summed E-state index contributed by atoms with van der Waals surface area (Å²) in [6.45, 7) is 1.05. The van der Waals surface area contributed by atoms with E-state index in [9.17, 15) is 13.6 Å². The Bertz CT molecular complexity index is 455. The molecular formula is C15H19F2NO. The van der Waals surface area contributed by atoms with Crippen molar-refractivity contribution in [1.82, 2.24) is 4.90 Å². The Balaban J connectivity index is 1.92. The molecule has 2 nitrogen and oxygen atoms in total. The van der Waals surface area contributed by atoms with Crippen molar-refractivity contribution in [2.45, 2.75) is 25.7 Å². The number of Topliss-reactive ketones (excluding diaryl/α,β-unsaturated/α-hetero) is 1. The van der Waals surface area contributed by atoms with Crippen LogP contribution in [-0.2, 0) is 0 Å². The number of benzene rings is 1. The molecule has 2 rings (SSSR count). The average Bonchev–Trinajstić information content (AvgIpc) is 2.81. The fourth-order valence-corrected chi connectivity index (χ4v) is 2.74. The van der Waals surface area contributed by atoms with E-state index in [2.05, 4.69) is 0 Å². The molecule has 1 saturated carbocycles. The molecule has 1 aromatic carbocycles. The first-order chi connectivity index (χ1) is 9.06. The minimum absolute atomic E-state index is 0.0281. The van der Waals surface area contributed by atoms with Crippen LogP contribution in [0.1, 0.15) is 36.0 Å². The third-order valence-electron chi connectivity index (χ3n) is 3.69. The van der Waals surface area contributed by atoms with Gasteiger partial charge in [-0.3, -0.25) is 9.69 Å². The molecule has 104 valence electrons. The number of ketones is 1. The van der Waals surface area contributed by atoms with E-state index < -0.39 is 11.6 Å². The van der Waals surface area contributed by atoms with Crippen molar-refractivity contribution in [2.75, 3.05) is 20.1 Å². The van der Waals surface area contributed by atoms with Crippen LogP contribution in [0.4, 0.5) is 8.78 Å². The lowest BCUT2D eigenvalue weighted by atomic mass is 10.1. The summed E-state index contributed by atoms with van der Waals surface area (Å²) in [5.74, 6) is -1.08. The van der Waals surface area contributed by atoms with Gasteiger partial charge in [0.25, 0.3) is 0 Å². The Kier molecular flexibility index (Phi) is 4.64. The van der Waals surface area contributed by atoms with Gasteiger partial charge in [0.05, 0.1) is 12.1 Å². The highest BCUT2D eigenvalue weighted by Crippen LogP contribution is 2.25. The lowest BCUT2D eigenvalue weighted by Crippen LogP contribution is -2.30. The van der Waals surface area contributed by atoms with Crippen LogP contribution in [-0.4, -0.2) is 30.8 Å². The van der Waals surface area contributed by atoms with Crippen molar-refractivity contribution in [1.29, 1.82) is 0 Å². The first kappa shape index (κ1) is 14.1. The maximum Gasteiger partial charge on any atom is 0.179 e. The first-order valence-electron chi connectivity index (χ1n) is 6.73. The van der Waals surface area contributed by atoms with Gasteiger partial charge in [-0.25, -0.2) is 8.78 Å². The van der Waals surface area contributed by atoms with E-state index in [-0.39, 0.29) is 17.9 Å². The maximum atomic E-state index is 13.5. The summed E-state index contributed by atoms with van der Waals surface area (Å²) in [7, 11) is 1.87. The van der Waals surface area contributed by atoms with Gasteiger partial charge >= 0.3 is 0 Å². The second kappa shape index (κ2) is 6.24. The Morgan fingerprint density at radius 2 is 2.00 bits per heavy atom. The molecule has 1 aliphatic carbocycles. The predicted molar refractivity (Wildman–Crippen MR) is 70.1 cm³/mol. The lowest BCUT2D eigenvalue weighted by Gasteiger charge is -2.20. The molecule has 0 radical (unpaired) electrons. The molecule has 0 unspecified atom stereocenters. The number of halogens is 2. The number of likely N-dealkylation sites (N-methyl/N-ethyl adjacent to an activating group) is 1. The zero-order valence-corrected chi connectivity index (χ0v) is 11.2. The van der Waals surface area contributed by atoms with Gasteiger partial charge in [-0.15, -0.1) is 0 Å². The Morgan fingerprint density at radius 1 is 1.32 bits per heavy atom. The molecule has 1 fully saturated rings. The second-order valence-corrected chi connectivity index (χ2v) is 5.39. The van der Waals surface area contributed by atoms with Crippen LogP contribution in [0.3, 0.4) is 0 Å². The lowest BCUT2D eigenvalue weighted by molar-refractivity contribution is 0.0934. The van der Waals surface area contributed by atoms with Crippen molar-refractivity contribution < 1.29 is 13.6 Å². The molecule has 0 aliphatic heterocycles. The van der Waals surface area contributed by atoms with Gasteiger partial charge < -0.3 is 0 Å². The monoisotopic (exact) mass is 267 g/mol. The highest BCUT2D eigenvalue weighted by atomic mass is 19.1. The number of hydrogen-bond donors (Lipinski definition) is 0. The second-order valence-electron chi connectivity index (χ2n) is 5.39. The minimum Gasteiger partial charge on any atom is -0.299 e. The smallest absolute Gasteiger partial charge is 0.179 e. The highest BCUT2D eigenvalue weighted by Gasteiger charge is 2.19. The fraction of sp³-hybridized carbons (Fsp3) is 0.533. The molecule has 1 aliphatic rings. The van der Waals surface area contributed by atoms with Crippen LogP contribution in [0.15, 0.2) is 18.2 Å². The summed E-state index contributed by atoms with van der Waals surface area (Å²) >= 11 is 0. The molecule has 0 heterocycles. The van der Waals surface area contributed by atoms with Crippen LogP contribution >= 0.6 is 0 Å². The largest absolute Gasteiger partial charge is 0.299 e. The minimum atomic E-state index is -0.778. The maximum absolute atomic E-state index is 13.5. The zero-order valence-electron chi connectivity index (χ0n) is 11.2. The Hall–Kier alpha value is -1.29. The summed E-state index contributed by atoms with van der Waals surface area (Å²) in [5, 5.41) is 0. The molecule has 4 heteroatoms. The highest BCUT2D eigenvalue weighted by molar-refractivity contribution is 5.97. The third-order valence-corrected chi connectivity index (χ3v) is 3.69. The Morgan fingerprint density at radius 3 is 2.63 bits per heavy atom. The number of rotatable bonds is 5. The molecule has 0 saturated heterocycles. The Labute approximate surface area is 112 Å². The standard InChI is InChI=1S/C15H19F2NO/c1-18(9-11-4-2-3-5-11)10-15(19)13-7-6-12(16)8-14(13)17/h6-8,11H,2-5,9-10H2,1H3. The van der Waals surface area contributed by atoms with Crippen molar-refractivity contribution in [3.63, 3.8) is 0 Å². The molecule has 0 bridgehead atoms. The van der Waals surface area contributed by atoms with Crippen molar-refractivity contribution in [3.8, 4) is 0 Å². The van der Waals surface area contributed by atoms with Crippen molar-refractivity contribution in [2.24, 2.45) is 5.92 Å². The number of carbonyl (C=O) groups is 1. The molecule has 0 atom stereocenters. The summed E-state index contributed by atoms with van der Waals surface area (Å²) in [6, 6.07) is 3.09. The topological polar surface area (TPSA) is 20.3 Å². The summed E-state index contributed by atoms with van der Waals surface area (Å²) in [5.41, 5.74) is -0.0281.